The summed E-state index contributed by atoms with van der Waals surface area (Å²) >= 11 is 6.17. The molecule has 2 aromatic rings. The molecule has 0 spiro atoms. The number of methoxy groups -OCH3 is 1. The number of hydrogen-bond donors (Lipinski definition) is 1. The number of nitro groups is 1. The molecule has 2 rings (SSSR count). The molecule has 0 fully saturated rings. The smallest absolute Gasteiger partial charge is 0.307 e. The van der Waals surface area contributed by atoms with Crippen LogP contribution in [0.25, 0.3) is 0 Å². The summed E-state index contributed by atoms with van der Waals surface area (Å²) in [7, 11) is 1.25. The van der Waals surface area contributed by atoms with Gasteiger partial charge in [-0.1, -0.05) is 35.9 Å². The predicted octanol–water partition coefficient (Wildman–Crippen LogP) is 3.59. The van der Waals surface area contributed by atoms with E-state index in [1.54, 1.807) is 31.2 Å². The molecule has 1 unspecified atom stereocenters. The van der Waals surface area contributed by atoms with E-state index in [1.165, 1.54) is 25.3 Å². The largest absolute Gasteiger partial charge is 0.469 e. The van der Waals surface area contributed by atoms with E-state index in [9.17, 15) is 19.7 Å². The highest BCUT2D eigenvalue weighted by Gasteiger charge is 2.23. The molecule has 1 atom stereocenters. The number of hydrogen-bond acceptors (Lipinski definition) is 5. The topological polar surface area (TPSA) is 98.5 Å². The molecular weight excluding hydrogens is 360 g/mol. The number of ether oxygens (including phenoxy) is 1. The third kappa shape index (κ3) is 4.58. The van der Waals surface area contributed by atoms with Crippen molar-refractivity contribution in [3.8, 4) is 0 Å². The summed E-state index contributed by atoms with van der Waals surface area (Å²) in [6, 6.07) is 10.2. The Kier molecular flexibility index (Phi) is 6.30. The first-order valence-corrected chi connectivity index (χ1v) is 8.08. The number of nitro benzene ring substituents is 1. The summed E-state index contributed by atoms with van der Waals surface area (Å²) in [6.07, 6.45) is -0.125. The molecule has 0 saturated carbocycles. The number of aryl methyl sites for hydroxylation is 1. The molecule has 0 aliphatic heterocycles. The van der Waals surface area contributed by atoms with Crippen LogP contribution in [-0.2, 0) is 9.53 Å². The molecular formula is C18H17ClN2O5. The van der Waals surface area contributed by atoms with Crippen molar-refractivity contribution in [3.63, 3.8) is 0 Å². The molecule has 1 N–H and O–H groups in total. The van der Waals surface area contributed by atoms with Gasteiger partial charge in [0.1, 0.15) is 0 Å². The molecule has 2 aromatic carbocycles. The van der Waals surface area contributed by atoms with E-state index in [2.05, 4.69) is 10.1 Å². The van der Waals surface area contributed by atoms with E-state index in [1.807, 2.05) is 0 Å². The number of carbonyl (C=O) groups excluding carboxylic acids is 2. The zero-order valence-electron chi connectivity index (χ0n) is 14.2. The molecule has 0 radical (unpaired) electrons. The summed E-state index contributed by atoms with van der Waals surface area (Å²) < 4.78 is 4.67. The molecule has 136 valence electrons. The van der Waals surface area contributed by atoms with Gasteiger partial charge in [0.2, 0.25) is 0 Å². The first-order valence-electron chi connectivity index (χ1n) is 7.70. The van der Waals surface area contributed by atoms with Crippen molar-refractivity contribution < 1.29 is 19.2 Å². The van der Waals surface area contributed by atoms with E-state index in [0.29, 0.717) is 16.1 Å². The van der Waals surface area contributed by atoms with Gasteiger partial charge in [-0.25, -0.2) is 0 Å². The van der Waals surface area contributed by atoms with E-state index >= 15 is 0 Å². The number of nitrogens with one attached hydrogen (secondary N) is 1. The number of carbonyl (C=O) groups is 2. The maximum Gasteiger partial charge on any atom is 0.307 e. The van der Waals surface area contributed by atoms with Crippen LogP contribution in [-0.4, -0.2) is 23.9 Å². The average molecular weight is 377 g/mol. The lowest BCUT2D eigenvalue weighted by atomic mass is 10.0. The third-order valence-electron chi connectivity index (χ3n) is 3.85. The van der Waals surface area contributed by atoms with Gasteiger partial charge in [-0.2, -0.15) is 0 Å². The monoisotopic (exact) mass is 376 g/mol. The van der Waals surface area contributed by atoms with Gasteiger partial charge in [0.05, 0.1) is 24.5 Å². The van der Waals surface area contributed by atoms with Crippen molar-refractivity contribution >= 4 is 29.2 Å². The van der Waals surface area contributed by atoms with Crippen LogP contribution in [0.15, 0.2) is 42.5 Å². The Morgan fingerprint density at radius 3 is 2.58 bits per heavy atom. The zero-order valence-corrected chi connectivity index (χ0v) is 14.9. The summed E-state index contributed by atoms with van der Waals surface area (Å²) in [5, 5.41) is 14.1. The molecule has 0 saturated heterocycles. The van der Waals surface area contributed by atoms with Crippen LogP contribution < -0.4 is 5.32 Å². The van der Waals surface area contributed by atoms with E-state index in [0.717, 1.165) is 0 Å². The number of halogens is 1. The lowest BCUT2D eigenvalue weighted by molar-refractivity contribution is -0.385. The number of amides is 1. The lowest BCUT2D eigenvalue weighted by Crippen LogP contribution is -2.30. The van der Waals surface area contributed by atoms with Gasteiger partial charge < -0.3 is 10.1 Å². The van der Waals surface area contributed by atoms with Crippen LogP contribution >= 0.6 is 11.6 Å². The van der Waals surface area contributed by atoms with Gasteiger partial charge in [0, 0.05) is 22.2 Å². The van der Waals surface area contributed by atoms with Crippen LogP contribution in [0.2, 0.25) is 5.02 Å². The van der Waals surface area contributed by atoms with E-state index < -0.39 is 22.8 Å². The second kappa shape index (κ2) is 8.44. The number of nitrogens with zero attached hydrogens (tertiary/aromatic N) is 1. The Hall–Kier alpha value is -2.93. The SMILES string of the molecule is COC(=O)CC(NC(=O)c1ccc(C)c([N+](=O)[O-])c1)c1ccccc1Cl. The number of benzene rings is 2. The summed E-state index contributed by atoms with van der Waals surface area (Å²) in [5.74, 6) is -1.08. The summed E-state index contributed by atoms with van der Waals surface area (Å²) in [6.45, 7) is 1.59. The van der Waals surface area contributed by atoms with Crippen LogP contribution in [0.3, 0.4) is 0 Å². The molecule has 0 aromatic heterocycles. The maximum absolute atomic E-state index is 12.6. The molecule has 0 bridgehead atoms. The lowest BCUT2D eigenvalue weighted by Gasteiger charge is -2.19. The van der Waals surface area contributed by atoms with Crippen molar-refractivity contribution in [1.29, 1.82) is 0 Å². The van der Waals surface area contributed by atoms with Crippen molar-refractivity contribution in [2.45, 2.75) is 19.4 Å². The van der Waals surface area contributed by atoms with Crippen LogP contribution in [0.5, 0.6) is 0 Å². The van der Waals surface area contributed by atoms with Gasteiger partial charge >= 0.3 is 5.97 Å². The van der Waals surface area contributed by atoms with Crippen LogP contribution in [0, 0.1) is 17.0 Å². The van der Waals surface area contributed by atoms with E-state index in [4.69, 9.17) is 11.6 Å². The van der Waals surface area contributed by atoms with Gasteiger partial charge in [-0.3, -0.25) is 19.7 Å². The van der Waals surface area contributed by atoms with Crippen molar-refractivity contribution in [3.05, 3.63) is 74.3 Å². The quantitative estimate of drug-likeness (QED) is 0.472. The molecule has 1 amide bonds. The Bertz CT molecular complexity index is 853. The standard InChI is InChI=1S/C18H17ClN2O5/c1-11-7-8-12(9-16(11)21(24)25)18(23)20-15(10-17(22)26-2)13-5-3-4-6-14(13)19/h3-9,15H,10H2,1-2H3,(H,20,23). The van der Waals surface area contributed by atoms with Gasteiger partial charge in [0.25, 0.3) is 11.6 Å². The fourth-order valence-corrected chi connectivity index (χ4v) is 2.70. The van der Waals surface area contributed by atoms with Crippen molar-refractivity contribution in [2.24, 2.45) is 0 Å². The summed E-state index contributed by atoms with van der Waals surface area (Å²) in [5.41, 5.74) is 0.961. The Balaban J connectivity index is 2.32. The highest BCUT2D eigenvalue weighted by molar-refractivity contribution is 6.31. The third-order valence-corrected chi connectivity index (χ3v) is 4.20. The van der Waals surface area contributed by atoms with Gasteiger partial charge in [0.15, 0.2) is 0 Å². The van der Waals surface area contributed by atoms with Gasteiger partial charge in [-0.05, 0) is 24.6 Å². The summed E-state index contributed by atoms with van der Waals surface area (Å²) in [4.78, 5) is 34.8. The average Bonchev–Trinajstić information content (AvgIpc) is 2.61. The molecule has 8 heteroatoms. The minimum atomic E-state index is -0.732. The van der Waals surface area contributed by atoms with Crippen LogP contribution in [0.4, 0.5) is 5.69 Å². The van der Waals surface area contributed by atoms with Crippen molar-refractivity contribution in [1.82, 2.24) is 5.32 Å². The highest BCUT2D eigenvalue weighted by atomic mass is 35.5. The Morgan fingerprint density at radius 1 is 1.27 bits per heavy atom. The zero-order chi connectivity index (χ0) is 19.3. The second-order valence-corrected chi connectivity index (χ2v) is 5.99. The Labute approximate surface area is 155 Å². The Morgan fingerprint density at radius 2 is 1.96 bits per heavy atom. The fraction of sp³-hybridized carbons (Fsp3) is 0.222. The minimum Gasteiger partial charge on any atom is -0.469 e. The fourth-order valence-electron chi connectivity index (χ4n) is 2.44. The van der Waals surface area contributed by atoms with Crippen LogP contribution in [0.1, 0.15) is 33.9 Å². The molecule has 0 aliphatic carbocycles. The molecule has 7 nitrogen and oxygen atoms in total. The van der Waals surface area contributed by atoms with E-state index in [-0.39, 0.29) is 17.7 Å². The number of esters is 1. The minimum absolute atomic E-state index is 0.115. The second-order valence-electron chi connectivity index (χ2n) is 5.59. The first kappa shape index (κ1) is 19.4. The number of rotatable bonds is 6. The van der Waals surface area contributed by atoms with Crippen molar-refractivity contribution in [2.75, 3.05) is 7.11 Å². The highest BCUT2D eigenvalue weighted by Crippen LogP contribution is 2.26. The molecule has 0 aliphatic rings. The van der Waals surface area contributed by atoms with Gasteiger partial charge in [-0.15, -0.1) is 0 Å². The first-order chi connectivity index (χ1) is 12.3. The normalized spacial score (nSPS) is 11.5. The molecule has 0 heterocycles. The predicted molar refractivity (Wildman–Crippen MR) is 96.1 cm³/mol. The molecule has 26 heavy (non-hydrogen) atoms. The maximum atomic E-state index is 12.6.